The molecule has 0 aromatic heterocycles. The third-order valence-electron chi connectivity index (χ3n) is 1.24. The van der Waals surface area contributed by atoms with E-state index in [1.807, 2.05) is 0 Å². The van der Waals surface area contributed by atoms with Crippen molar-refractivity contribution in [1.29, 1.82) is 0 Å². The molecule has 0 spiro atoms. The SMILES string of the molecule is C=C(C)C(=O)NC(C)C(=C)O. The molecule has 0 radical (unpaired) electrons. The molecule has 0 aromatic carbocycles. The van der Waals surface area contributed by atoms with Gasteiger partial charge in [-0.3, -0.25) is 4.79 Å². The van der Waals surface area contributed by atoms with E-state index in [2.05, 4.69) is 18.5 Å². The van der Waals surface area contributed by atoms with Crippen LogP contribution < -0.4 is 5.32 Å². The van der Waals surface area contributed by atoms with Crippen molar-refractivity contribution in [3.8, 4) is 0 Å². The fourth-order valence-corrected chi connectivity index (χ4v) is 0.403. The van der Waals surface area contributed by atoms with E-state index in [1.165, 1.54) is 0 Å². The summed E-state index contributed by atoms with van der Waals surface area (Å²) >= 11 is 0. The number of rotatable bonds is 3. The monoisotopic (exact) mass is 155 g/mol. The molecule has 2 N–H and O–H groups in total. The van der Waals surface area contributed by atoms with Crippen molar-refractivity contribution in [2.45, 2.75) is 19.9 Å². The summed E-state index contributed by atoms with van der Waals surface area (Å²) < 4.78 is 0. The summed E-state index contributed by atoms with van der Waals surface area (Å²) in [6.45, 7) is 9.96. The van der Waals surface area contributed by atoms with Crippen LogP contribution in [0, 0.1) is 0 Å². The van der Waals surface area contributed by atoms with Crippen LogP contribution in [0.3, 0.4) is 0 Å². The van der Waals surface area contributed by atoms with Crippen molar-refractivity contribution < 1.29 is 9.90 Å². The summed E-state index contributed by atoms with van der Waals surface area (Å²) in [5.74, 6) is -0.327. The van der Waals surface area contributed by atoms with Gasteiger partial charge in [-0.25, -0.2) is 0 Å². The second-order valence-corrected chi connectivity index (χ2v) is 2.47. The van der Waals surface area contributed by atoms with Crippen LogP contribution in [0.15, 0.2) is 24.5 Å². The minimum atomic E-state index is -0.417. The van der Waals surface area contributed by atoms with Crippen molar-refractivity contribution in [3.63, 3.8) is 0 Å². The lowest BCUT2D eigenvalue weighted by Crippen LogP contribution is -2.33. The second-order valence-electron chi connectivity index (χ2n) is 2.47. The first kappa shape index (κ1) is 9.75. The topological polar surface area (TPSA) is 49.3 Å². The number of carbonyl (C=O) groups excluding carboxylic acids is 1. The van der Waals surface area contributed by atoms with Gasteiger partial charge in [-0.1, -0.05) is 13.2 Å². The number of hydrogen-bond acceptors (Lipinski definition) is 2. The van der Waals surface area contributed by atoms with E-state index in [9.17, 15) is 4.79 Å². The first-order chi connectivity index (χ1) is 4.95. The first-order valence-corrected chi connectivity index (χ1v) is 3.29. The minimum absolute atomic E-state index is 0.0559. The van der Waals surface area contributed by atoms with Gasteiger partial charge in [-0.05, 0) is 13.8 Å². The number of hydrogen-bond donors (Lipinski definition) is 2. The van der Waals surface area contributed by atoms with E-state index in [4.69, 9.17) is 5.11 Å². The molecule has 1 atom stereocenters. The molecule has 1 unspecified atom stereocenters. The molecule has 0 saturated carbocycles. The zero-order valence-electron chi connectivity index (χ0n) is 6.85. The average Bonchev–Trinajstić information content (AvgIpc) is 1.87. The van der Waals surface area contributed by atoms with Crippen LogP contribution in [0.2, 0.25) is 0 Å². The van der Waals surface area contributed by atoms with Gasteiger partial charge in [0.05, 0.1) is 6.04 Å². The van der Waals surface area contributed by atoms with Crippen LogP contribution in [-0.4, -0.2) is 17.1 Å². The smallest absolute Gasteiger partial charge is 0.246 e. The summed E-state index contributed by atoms with van der Waals surface area (Å²) in [6.07, 6.45) is 0. The molecule has 0 fully saturated rings. The molecule has 0 aliphatic rings. The second kappa shape index (κ2) is 3.81. The van der Waals surface area contributed by atoms with Gasteiger partial charge < -0.3 is 10.4 Å². The molecule has 0 saturated heterocycles. The number of aliphatic hydroxyl groups excluding tert-OH is 1. The molecular weight excluding hydrogens is 142 g/mol. The van der Waals surface area contributed by atoms with Crippen molar-refractivity contribution in [1.82, 2.24) is 5.32 Å². The fraction of sp³-hybridized carbons (Fsp3) is 0.375. The Morgan fingerprint density at radius 1 is 1.55 bits per heavy atom. The van der Waals surface area contributed by atoms with Crippen molar-refractivity contribution in [2.24, 2.45) is 0 Å². The van der Waals surface area contributed by atoms with Crippen LogP contribution in [0.25, 0.3) is 0 Å². The summed E-state index contributed by atoms with van der Waals surface area (Å²) in [6, 6.07) is -0.417. The Morgan fingerprint density at radius 2 is 2.00 bits per heavy atom. The maximum Gasteiger partial charge on any atom is 0.246 e. The van der Waals surface area contributed by atoms with Gasteiger partial charge in [0, 0.05) is 5.57 Å². The number of carbonyl (C=O) groups is 1. The maximum atomic E-state index is 10.9. The first-order valence-electron chi connectivity index (χ1n) is 3.29. The van der Waals surface area contributed by atoms with E-state index >= 15 is 0 Å². The standard InChI is InChI=1S/C8H13NO2/c1-5(2)8(11)9-6(3)7(4)10/h6,10H,1,4H2,2-3H3,(H,9,11). The molecule has 1 amide bonds. The highest BCUT2D eigenvalue weighted by Gasteiger charge is 2.08. The van der Waals surface area contributed by atoms with Crippen molar-refractivity contribution in [3.05, 3.63) is 24.5 Å². The maximum absolute atomic E-state index is 10.9. The highest BCUT2D eigenvalue weighted by Crippen LogP contribution is 1.95. The highest BCUT2D eigenvalue weighted by molar-refractivity contribution is 5.92. The molecule has 62 valence electrons. The van der Waals surface area contributed by atoms with Crippen molar-refractivity contribution in [2.75, 3.05) is 0 Å². The van der Waals surface area contributed by atoms with E-state index in [1.54, 1.807) is 13.8 Å². The van der Waals surface area contributed by atoms with Crippen LogP contribution in [0.1, 0.15) is 13.8 Å². The molecular formula is C8H13NO2. The van der Waals surface area contributed by atoms with Crippen molar-refractivity contribution >= 4 is 5.91 Å². The Hall–Kier alpha value is -1.25. The average molecular weight is 155 g/mol. The normalized spacial score (nSPS) is 11.8. The number of aliphatic hydroxyl groups is 1. The lowest BCUT2D eigenvalue weighted by atomic mass is 10.2. The zero-order chi connectivity index (χ0) is 9.02. The minimum Gasteiger partial charge on any atom is -0.511 e. The predicted octanol–water partition coefficient (Wildman–Crippen LogP) is 1.14. The Labute approximate surface area is 66.4 Å². The van der Waals surface area contributed by atoms with Crippen LogP contribution >= 0.6 is 0 Å². The van der Waals surface area contributed by atoms with Gasteiger partial charge in [-0.15, -0.1) is 0 Å². The Balaban J connectivity index is 3.95. The zero-order valence-corrected chi connectivity index (χ0v) is 6.85. The lowest BCUT2D eigenvalue weighted by Gasteiger charge is -2.11. The molecule has 11 heavy (non-hydrogen) atoms. The number of nitrogens with one attached hydrogen (secondary N) is 1. The fourth-order valence-electron chi connectivity index (χ4n) is 0.403. The molecule has 3 nitrogen and oxygen atoms in total. The van der Waals surface area contributed by atoms with E-state index in [-0.39, 0.29) is 11.7 Å². The lowest BCUT2D eigenvalue weighted by molar-refractivity contribution is -0.117. The third-order valence-corrected chi connectivity index (χ3v) is 1.24. The molecule has 0 bridgehead atoms. The quantitative estimate of drug-likeness (QED) is 0.474. The van der Waals surface area contributed by atoms with Gasteiger partial charge in [0.25, 0.3) is 0 Å². The molecule has 0 rings (SSSR count). The Bertz CT molecular complexity index is 196. The number of amides is 1. The van der Waals surface area contributed by atoms with Gasteiger partial charge in [0.2, 0.25) is 5.91 Å². The van der Waals surface area contributed by atoms with E-state index in [0.717, 1.165) is 0 Å². The summed E-state index contributed by atoms with van der Waals surface area (Å²) in [5.41, 5.74) is 0.415. The van der Waals surface area contributed by atoms with E-state index < -0.39 is 6.04 Å². The van der Waals surface area contributed by atoms with Gasteiger partial charge in [0.15, 0.2) is 0 Å². The van der Waals surface area contributed by atoms with Gasteiger partial charge >= 0.3 is 0 Å². The van der Waals surface area contributed by atoms with Crippen LogP contribution in [-0.2, 0) is 4.79 Å². The van der Waals surface area contributed by atoms with Gasteiger partial charge in [-0.2, -0.15) is 0 Å². The van der Waals surface area contributed by atoms with Crippen LogP contribution in [0.5, 0.6) is 0 Å². The highest BCUT2D eigenvalue weighted by atomic mass is 16.3. The summed E-state index contributed by atoms with van der Waals surface area (Å²) in [5, 5.41) is 11.3. The largest absolute Gasteiger partial charge is 0.511 e. The Kier molecular flexibility index (Phi) is 3.37. The molecule has 0 aliphatic heterocycles. The molecule has 0 aliphatic carbocycles. The third kappa shape index (κ3) is 3.45. The predicted molar refractivity (Wildman–Crippen MR) is 44.2 cm³/mol. The molecule has 0 heterocycles. The van der Waals surface area contributed by atoms with Crippen LogP contribution in [0.4, 0.5) is 0 Å². The molecule has 3 heteroatoms. The molecule has 0 aromatic rings. The van der Waals surface area contributed by atoms with Gasteiger partial charge in [0.1, 0.15) is 5.76 Å². The Morgan fingerprint density at radius 3 is 2.27 bits per heavy atom. The van der Waals surface area contributed by atoms with E-state index in [0.29, 0.717) is 5.57 Å². The summed E-state index contributed by atoms with van der Waals surface area (Å²) in [7, 11) is 0. The summed E-state index contributed by atoms with van der Waals surface area (Å²) in [4.78, 5) is 10.9.